The summed E-state index contributed by atoms with van der Waals surface area (Å²) in [5.41, 5.74) is 4.36. The van der Waals surface area contributed by atoms with E-state index in [4.69, 9.17) is 0 Å². The lowest BCUT2D eigenvalue weighted by molar-refractivity contribution is 1.27. The van der Waals surface area contributed by atoms with Crippen molar-refractivity contribution in [1.29, 1.82) is 0 Å². The molecule has 0 bridgehead atoms. The van der Waals surface area contributed by atoms with Crippen LogP contribution in [0.25, 0.3) is 10.9 Å². The van der Waals surface area contributed by atoms with Gasteiger partial charge in [0.2, 0.25) is 0 Å². The summed E-state index contributed by atoms with van der Waals surface area (Å²) in [4.78, 5) is 19.5. The van der Waals surface area contributed by atoms with Crippen LogP contribution in [0.2, 0.25) is 0 Å². The Morgan fingerprint density at radius 3 is 2.57 bits per heavy atom. The van der Waals surface area contributed by atoms with Gasteiger partial charge in [0.25, 0.3) is 5.56 Å². The zero-order valence-electron chi connectivity index (χ0n) is 12.1. The van der Waals surface area contributed by atoms with E-state index >= 15 is 0 Å². The number of hydrogen-bond donors (Lipinski definition) is 1. The lowest BCUT2D eigenvalue weighted by Crippen LogP contribution is -2.12. The van der Waals surface area contributed by atoms with Crippen LogP contribution in [0.4, 0.5) is 5.69 Å². The van der Waals surface area contributed by atoms with E-state index in [1.807, 2.05) is 62.4 Å². The highest BCUT2D eigenvalue weighted by atomic mass is 16.1. The summed E-state index contributed by atoms with van der Waals surface area (Å²) in [6.07, 6.45) is 1.63. The van der Waals surface area contributed by atoms with Gasteiger partial charge in [-0.2, -0.15) is 0 Å². The number of aryl methyl sites for hydroxylation is 2. The predicted octanol–water partition coefficient (Wildman–Crippen LogP) is 3.90. The van der Waals surface area contributed by atoms with E-state index in [0.29, 0.717) is 5.56 Å². The first kappa shape index (κ1) is 13.3. The predicted molar refractivity (Wildman–Crippen MR) is 87.7 cm³/mol. The smallest absolute Gasteiger partial charge is 0.257 e. The fourth-order valence-corrected chi connectivity index (χ4v) is 2.34. The van der Waals surface area contributed by atoms with E-state index in [2.05, 4.69) is 9.98 Å². The molecule has 3 rings (SSSR count). The highest BCUT2D eigenvalue weighted by molar-refractivity contribution is 5.89. The molecule has 21 heavy (non-hydrogen) atoms. The molecule has 2 aromatic carbocycles. The molecule has 0 saturated heterocycles. The SMILES string of the molecule is Cc1ccccc1N=Cc1cc2cccc(C)c2[nH]c1=O. The zero-order chi connectivity index (χ0) is 14.8. The van der Waals surface area contributed by atoms with Gasteiger partial charge in [-0.3, -0.25) is 9.79 Å². The van der Waals surface area contributed by atoms with Crippen molar-refractivity contribution >= 4 is 22.8 Å². The number of aromatic nitrogens is 1. The molecule has 3 nitrogen and oxygen atoms in total. The summed E-state index contributed by atoms with van der Waals surface area (Å²) in [5, 5.41) is 1.01. The molecule has 1 aromatic heterocycles. The molecule has 0 aliphatic heterocycles. The number of H-pyrrole nitrogens is 1. The Bertz CT molecular complexity index is 891. The van der Waals surface area contributed by atoms with E-state index in [9.17, 15) is 4.79 Å². The van der Waals surface area contributed by atoms with Crippen LogP contribution in [0.3, 0.4) is 0 Å². The van der Waals surface area contributed by atoms with Gasteiger partial charge in [0.15, 0.2) is 0 Å². The summed E-state index contributed by atoms with van der Waals surface area (Å²) in [5.74, 6) is 0. The van der Waals surface area contributed by atoms with Crippen LogP contribution in [-0.2, 0) is 0 Å². The Balaban J connectivity index is 2.07. The molecule has 0 radical (unpaired) electrons. The minimum Gasteiger partial charge on any atom is -0.321 e. The molecule has 1 heterocycles. The summed E-state index contributed by atoms with van der Waals surface area (Å²) in [6, 6.07) is 15.7. The Morgan fingerprint density at radius 1 is 1.00 bits per heavy atom. The number of nitrogens with one attached hydrogen (secondary N) is 1. The third-order valence-electron chi connectivity index (χ3n) is 3.57. The van der Waals surface area contributed by atoms with Gasteiger partial charge < -0.3 is 4.98 Å². The van der Waals surface area contributed by atoms with Gasteiger partial charge in [-0.05, 0) is 42.5 Å². The van der Waals surface area contributed by atoms with Gasteiger partial charge in [-0.15, -0.1) is 0 Å². The van der Waals surface area contributed by atoms with E-state index in [0.717, 1.165) is 27.7 Å². The number of aliphatic imine (C=N–C) groups is 1. The largest absolute Gasteiger partial charge is 0.321 e. The summed E-state index contributed by atoms with van der Waals surface area (Å²) < 4.78 is 0. The second-order valence-electron chi connectivity index (χ2n) is 5.14. The maximum absolute atomic E-state index is 12.1. The van der Waals surface area contributed by atoms with Crippen molar-refractivity contribution < 1.29 is 0 Å². The average Bonchev–Trinajstić information content (AvgIpc) is 2.48. The third-order valence-corrected chi connectivity index (χ3v) is 3.57. The van der Waals surface area contributed by atoms with Crippen molar-refractivity contribution in [3.05, 3.63) is 75.6 Å². The molecular formula is C18H16N2O. The number of aromatic amines is 1. The average molecular weight is 276 g/mol. The standard InChI is InChI=1S/C18H16N2O/c1-12-6-3-4-9-16(12)19-11-15-10-14-8-5-7-13(2)17(14)20-18(15)21/h3-11H,1-2H3,(H,20,21). The van der Waals surface area contributed by atoms with Crippen LogP contribution in [0.5, 0.6) is 0 Å². The van der Waals surface area contributed by atoms with E-state index in [1.54, 1.807) is 6.21 Å². The molecule has 1 N–H and O–H groups in total. The van der Waals surface area contributed by atoms with Gasteiger partial charge in [0.1, 0.15) is 0 Å². The van der Waals surface area contributed by atoms with Crippen molar-refractivity contribution in [3.8, 4) is 0 Å². The summed E-state index contributed by atoms with van der Waals surface area (Å²) in [7, 11) is 0. The molecule has 0 amide bonds. The summed E-state index contributed by atoms with van der Waals surface area (Å²) >= 11 is 0. The minimum atomic E-state index is -0.117. The van der Waals surface area contributed by atoms with Gasteiger partial charge in [0, 0.05) is 6.21 Å². The number of hydrogen-bond acceptors (Lipinski definition) is 2. The molecule has 104 valence electrons. The van der Waals surface area contributed by atoms with Gasteiger partial charge in [-0.1, -0.05) is 36.4 Å². The van der Waals surface area contributed by atoms with Crippen LogP contribution in [0.1, 0.15) is 16.7 Å². The molecule has 0 saturated carbocycles. The number of para-hydroxylation sites is 2. The first-order valence-corrected chi connectivity index (χ1v) is 6.87. The number of fused-ring (bicyclic) bond motifs is 1. The lowest BCUT2D eigenvalue weighted by Gasteiger charge is -2.03. The second-order valence-corrected chi connectivity index (χ2v) is 5.14. The van der Waals surface area contributed by atoms with Crippen molar-refractivity contribution in [3.63, 3.8) is 0 Å². The van der Waals surface area contributed by atoms with Crippen LogP contribution in [0.15, 0.2) is 58.3 Å². The van der Waals surface area contributed by atoms with Gasteiger partial charge in [-0.25, -0.2) is 0 Å². The van der Waals surface area contributed by atoms with Crippen LogP contribution >= 0.6 is 0 Å². The fraction of sp³-hybridized carbons (Fsp3) is 0.111. The van der Waals surface area contributed by atoms with Crippen LogP contribution in [0, 0.1) is 13.8 Å². The Hall–Kier alpha value is -2.68. The molecule has 0 aliphatic carbocycles. The lowest BCUT2D eigenvalue weighted by atomic mass is 10.1. The molecule has 0 fully saturated rings. The molecule has 0 spiro atoms. The molecule has 0 aliphatic rings. The maximum Gasteiger partial charge on any atom is 0.257 e. The zero-order valence-corrected chi connectivity index (χ0v) is 12.1. The van der Waals surface area contributed by atoms with Crippen LogP contribution < -0.4 is 5.56 Å². The Labute approximate surface area is 123 Å². The van der Waals surface area contributed by atoms with Crippen molar-refractivity contribution in [2.24, 2.45) is 4.99 Å². The first-order valence-electron chi connectivity index (χ1n) is 6.87. The van der Waals surface area contributed by atoms with Gasteiger partial charge in [0.05, 0.1) is 16.8 Å². The molecule has 0 atom stereocenters. The quantitative estimate of drug-likeness (QED) is 0.709. The molecule has 3 heteroatoms. The van der Waals surface area contributed by atoms with E-state index in [-0.39, 0.29) is 5.56 Å². The Morgan fingerprint density at radius 2 is 1.76 bits per heavy atom. The van der Waals surface area contributed by atoms with Crippen molar-refractivity contribution in [1.82, 2.24) is 4.98 Å². The number of nitrogens with zero attached hydrogens (tertiary/aromatic N) is 1. The second kappa shape index (κ2) is 5.37. The van der Waals surface area contributed by atoms with E-state index < -0.39 is 0 Å². The first-order chi connectivity index (χ1) is 10.1. The number of rotatable bonds is 2. The van der Waals surface area contributed by atoms with Crippen molar-refractivity contribution in [2.75, 3.05) is 0 Å². The number of pyridine rings is 1. The highest BCUT2D eigenvalue weighted by Gasteiger charge is 2.03. The van der Waals surface area contributed by atoms with E-state index in [1.165, 1.54) is 0 Å². The van der Waals surface area contributed by atoms with Gasteiger partial charge >= 0.3 is 0 Å². The van der Waals surface area contributed by atoms with Crippen molar-refractivity contribution in [2.45, 2.75) is 13.8 Å². The fourth-order valence-electron chi connectivity index (χ4n) is 2.34. The molecule has 0 unspecified atom stereocenters. The summed E-state index contributed by atoms with van der Waals surface area (Å²) in [6.45, 7) is 3.99. The number of benzene rings is 2. The Kier molecular flexibility index (Phi) is 3.40. The molecule has 3 aromatic rings. The molecular weight excluding hydrogens is 260 g/mol. The third kappa shape index (κ3) is 2.63. The monoisotopic (exact) mass is 276 g/mol. The maximum atomic E-state index is 12.1. The van der Waals surface area contributed by atoms with Crippen LogP contribution in [-0.4, -0.2) is 11.2 Å². The minimum absolute atomic E-state index is 0.117. The highest BCUT2D eigenvalue weighted by Crippen LogP contribution is 2.18. The topological polar surface area (TPSA) is 45.2 Å². The normalized spacial score (nSPS) is 11.3.